The Bertz CT molecular complexity index is 835. The van der Waals surface area contributed by atoms with E-state index in [1.807, 2.05) is 0 Å². The molecule has 0 aliphatic carbocycles. The van der Waals surface area contributed by atoms with Crippen molar-refractivity contribution in [2.24, 2.45) is 0 Å². The lowest BCUT2D eigenvalue weighted by Crippen LogP contribution is -2.27. The van der Waals surface area contributed by atoms with Crippen molar-refractivity contribution in [3.63, 3.8) is 0 Å². The molecule has 1 amide bonds. The van der Waals surface area contributed by atoms with Gasteiger partial charge in [-0.1, -0.05) is 18.2 Å². The summed E-state index contributed by atoms with van der Waals surface area (Å²) in [6.45, 7) is 0.790. The van der Waals surface area contributed by atoms with Crippen molar-refractivity contribution < 1.29 is 22.7 Å². The quantitative estimate of drug-likeness (QED) is 0.646. The molecule has 0 bridgehead atoms. The van der Waals surface area contributed by atoms with Crippen LogP contribution in [0.5, 0.6) is 5.75 Å². The van der Waals surface area contributed by atoms with Gasteiger partial charge in [0, 0.05) is 25.8 Å². The molecule has 0 aliphatic rings. The van der Waals surface area contributed by atoms with E-state index in [2.05, 4.69) is 10.0 Å². The summed E-state index contributed by atoms with van der Waals surface area (Å²) in [5, 5.41) is 2.79. The van der Waals surface area contributed by atoms with Gasteiger partial charge in [0.15, 0.2) is 0 Å². The molecule has 26 heavy (non-hydrogen) atoms. The minimum Gasteiger partial charge on any atom is -0.497 e. The molecule has 0 heterocycles. The highest BCUT2D eigenvalue weighted by Gasteiger charge is 2.13. The summed E-state index contributed by atoms with van der Waals surface area (Å²) in [6.07, 6.45) is 0. The molecule has 2 N–H and O–H groups in total. The number of methoxy groups -OCH3 is 2. The summed E-state index contributed by atoms with van der Waals surface area (Å²) in [5.41, 5.74) is 1.28. The summed E-state index contributed by atoms with van der Waals surface area (Å²) >= 11 is 0. The van der Waals surface area contributed by atoms with Crippen molar-refractivity contribution in [3.05, 3.63) is 59.7 Å². The summed E-state index contributed by atoms with van der Waals surface area (Å²) in [5.74, 6) is 0.370. The second-order valence-electron chi connectivity index (χ2n) is 5.45. The van der Waals surface area contributed by atoms with Gasteiger partial charge in [-0.15, -0.1) is 0 Å². The molecular formula is C18H22N2O5S. The number of amides is 1. The first-order valence-electron chi connectivity index (χ1n) is 7.96. The second-order valence-corrected chi connectivity index (χ2v) is 7.22. The van der Waals surface area contributed by atoms with Crippen molar-refractivity contribution in [3.8, 4) is 5.75 Å². The number of benzene rings is 2. The van der Waals surface area contributed by atoms with Crippen LogP contribution in [0.2, 0.25) is 0 Å². The molecular weight excluding hydrogens is 356 g/mol. The van der Waals surface area contributed by atoms with Crippen LogP contribution in [0.4, 0.5) is 0 Å². The summed E-state index contributed by atoms with van der Waals surface area (Å²) in [7, 11) is -0.521. The summed E-state index contributed by atoms with van der Waals surface area (Å²) in [4.78, 5) is 12.3. The number of carbonyl (C=O) groups is 1. The van der Waals surface area contributed by atoms with Gasteiger partial charge in [-0.25, -0.2) is 13.1 Å². The maximum atomic E-state index is 12.2. The standard InChI is InChI=1S/C18H22N2O5S/c1-24-11-10-20-26(22,23)17-8-6-14(7-9-17)13-19-18(21)15-4-3-5-16(12-15)25-2/h3-9,12,20H,10-11,13H2,1-2H3,(H,19,21). The summed E-state index contributed by atoms with van der Waals surface area (Å²) in [6, 6.07) is 13.2. The minimum absolute atomic E-state index is 0.163. The number of sulfonamides is 1. The molecule has 8 heteroatoms. The summed E-state index contributed by atoms with van der Waals surface area (Å²) < 4.78 is 36.5. The third-order valence-electron chi connectivity index (χ3n) is 3.62. The highest BCUT2D eigenvalue weighted by atomic mass is 32.2. The number of hydrogen-bond acceptors (Lipinski definition) is 5. The highest BCUT2D eigenvalue weighted by Crippen LogP contribution is 2.13. The molecule has 0 saturated carbocycles. The van der Waals surface area contributed by atoms with Crippen LogP contribution in [0, 0.1) is 0 Å². The Morgan fingerprint density at radius 3 is 2.46 bits per heavy atom. The van der Waals surface area contributed by atoms with Crippen molar-refractivity contribution in [2.45, 2.75) is 11.4 Å². The first kappa shape index (κ1) is 19.9. The average Bonchev–Trinajstić information content (AvgIpc) is 2.66. The van der Waals surface area contributed by atoms with Gasteiger partial charge in [0.1, 0.15) is 5.75 Å². The Labute approximate surface area is 153 Å². The molecule has 2 aromatic carbocycles. The molecule has 0 saturated heterocycles. The molecule has 0 atom stereocenters. The first-order chi connectivity index (χ1) is 12.5. The molecule has 0 spiro atoms. The Hall–Kier alpha value is -2.42. The predicted molar refractivity (Wildman–Crippen MR) is 97.7 cm³/mol. The molecule has 0 fully saturated rings. The van der Waals surface area contributed by atoms with E-state index in [9.17, 15) is 13.2 Å². The second kappa shape index (κ2) is 9.33. The van der Waals surface area contributed by atoms with Crippen molar-refractivity contribution in [1.29, 1.82) is 0 Å². The van der Waals surface area contributed by atoms with Crippen molar-refractivity contribution >= 4 is 15.9 Å². The minimum atomic E-state index is -3.56. The Morgan fingerprint density at radius 2 is 1.81 bits per heavy atom. The van der Waals surface area contributed by atoms with Crippen LogP contribution in [-0.4, -0.2) is 41.7 Å². The zero-order valence-electron chi connectivity index (χ0n) is 14.7. The van der Waals surface area contributed by atoms with Crippen LogP contribution in [0.25, 0.3) is 0 Å². The van der Waals surface area contributed by atoms with Crippen LogP contribution in [0.1, 0.15) is 15.9 Å². The van der Waals surface area contributed by atoms with Gasteiger partial charge in [0.05, 0.1) is 18.6 Å². The Balaban J connectivity index is 1.95. The molecule has 2 rings (SSSR count). The predicted octanol–water partition coefficient (Wildman–Crippen LogP) is 1.55. The molecule has 7 nitrogen and oxygen atoms in total. The number of ether oxygens (including phenoxy) is 2. The smallest absolute Gasteiger partial charge is 0.251 e. The zero-order chi connectivity index (χ0) is 19.0. The van der Waals surface area contributed by atoms with Crippen molar-refractivity contribution in [2.75, 3.05) is 27.4 Å². The van der Waals surface area contributed by atoms with Crippen LogP contribution >= 0.6 is 0 Å². The monoisotopic (exact) mass is 378 g/mol. The van der Waals surface area contributed by atoms with Crippen molar-refractivity contribution in [1.82, 2.24) is 10.0 Å². The van der Waals surface area contributed by atoms with Gasteiger partial charge in [-0.05, 0) is 35.9 Å². The topological polar surface area (TPSA) is 93.7 Å². The number of hydrogen-bond donors (Lipinski definition) is 2. The molecule has 0 unspecified atom stereocenters. The van der Waals surface area contributed by atoms with Gasteiger partial charge in [-0.2, -0.15) is 0 Å². The van der Waals surface area contributed by atoms with Gasteiger partial charge >= 0.3 is 0 Å². The molecule has 0 radical (unpaired) electrons. The molecule has 2 aromatic rings. The third-order valence-corrected chi connectivity index (χ3v) is 5.09. The van der Waals surface area contributed by atoms with E-state index in [1.165, 1.54) is 26.4 Å². The maximum Gasteiger partial charge on any atom is 0.251 e. The fourth-order valence-electron chi connectivity index (χ4n) is 2.20. The number of carbonyl (C=O) groups excluding carboxylic acids is 1. The van der Waals surface area contributed by atoms with Gasteiger partial charge in [0.2, 0.25) is 10.0 Å². The van der Waals surface area contributed by atoms with Gasteiger partial charge < -0.3 is 14.8 Å². The average molecular weight is 378 g/mol. The van der Waals surface area contributed by atoms with Crippen LogP contribution in [0.3, 0.4) is 0 Å². The normalized spacial score (nSPS) is 11.2. The Kier molecular flexibility index (Phi) is 7.14. The van der Waals surface area contributed by atoms with E-state index in [0.29, 0.717) is 17.9 Å². The first-order valence-corrected chi connectivity index (χ1v) is 9.44. The lowest BCUT2D eigenvalue weighted by Gasteiger charge is -2.09. The lowest BCUT2D eigenvalue weighted by atomic mass is 10.2. The van der Waals surface area contributed by atoms with E-state index < -0.39 is 10.0 Å². The lowest BCUT2D eigenvalue weighted by molar-refractivity contribution is 0.0950. The third kappa shape index (κ3) is 5.55. The zero-order valence-corrected chi connectivity index (χ0v) is 15.5. The van der Waals surface area contributed by atoms with E-state index in [-0.39, 0.29) is 23.9 Å². The van der Waals surface area contributed by atoms with Gasteiger partial charge in [0.25, 0.3) is 5.91 Å². The van der Waals surface area contributed by atoms with E-state index >= 15 is 0 Å². The fraction of sp³-hybridized carbons (Fsp3) is 0.278. The fourth-order valence-corrected chi connectivity index (χ4v) is 3.21. The van der Waals surface area contributed by atoms with Crippen LogP contribution in [-0.2, 0) is 21.3 Å². The van der Waals surface area contributed by atoms with E-state index in [0.717, 1.165) is 5.56 Å². The maximum absolute atomic E-state index is 12.2. The van der Waals surface area contributed by atoms with Crippen LogP contribution in [0.15, 0.2) is 53.4 Å². The Morgan fingerprint density at radius 1 is 1.08 bits per heavy atom. The molecule has 0 aliphatic heterocycles. The SMILES string of the molecule is COCCNS(=O)(=O)c1ccc(CNC(=O)c2cccc(OC)c2)cc1. The highest BCUT2D eigenvalue weighted by molar-refractivity contribution is 7.89. The number of nitrogens with one attached hydrogen (secondary N) is 2. The number of rotatable bonds is 9. The van der Waals surface area contributed by atoms with E-state index in [1.54, 1.807) is 36.4 Å². The van der Waals surface area contributed by atoms with Gasteiger partial charge in [-0.3, -0.25) is 4.79 Å². The molecule has 140 valence electrons. The van der Waals surface area contributed by atoms with Crippen LogP contribution < -0.4 is 14.8 Å². The molecule has 0 aromatic heterocycles. The van der Waals surface area contributed by atoms with E-state index in [4.69, 9.17) is 9.47 Å². The largest absolute Gasteiger partial charge is 0.497 e.